The third-order valence-corrected chi connectivity index (χ3v) is 36.2. The first-order valence-corrected chi connectivity index (χ1v) is 40.5. The molecule has 0 amide bonds. The quantitative estimate of drug-likeness (QED) is 0.244. The predicted octanol–water partition coefficient (Wildman–Crippen LogP) is 20.6. The summed E-state index contributed by atoms with van der Waals surface area (Å²) < 4.78 is 26.8. The summed E-state index contributed by atoms with van der Waals surface area (Å²) >= 11 is 0. The van der Waals surface area contributed by atoms with Gasteiger partial charge in [-0.2, -0.15) is 0 Å². The first-order valence-electron chi connectivity index (χ1n) is 40.5. The average Bonchev–Trinajstić information content (AvgIpc) is 1.58. The van der Waals surface area contributed by atoms with Crippen molar-refractivity contribution in [2.75, 3.05) is 19.8 Å². The van der Waals surface area contributed by atoms with Crippen LogP contribution in [0.3, 0.4) is 0 Å². The molecule has 0 bridgehead atoms. The van der Waals surface area contributed by atoms with Crippen LogP contribution in [0, 0.1) is 162 Å². The second-order valence-corrected chi connectivity index (χ2v) is 40.5. The van der Waals surface area contributed by atoms with Gasteiger partial charge in [-0.3, -0.25) is 9.69 Å². The Bertz CT molecular complexity index is 2850. The van der Waals surface area contributed by atoms with Crippen molar-refractivity contribution in [1.82, 2.24) is 4.90 Å². The molecule has 6 nitrogen and oxygen atoms in total. The molecular weight excluding hydrogens is 1110 g/mol. The molecule has 34 atom stereocenters. The molecule has 0 aromatic carbocycles. The van der Waals surface area contributed by atoms with Crippen LogP contribution in [0.2, 0.25) is 0 Å². The molecule has 510 valence electrons. The molecule has 18 aliphatic rings. The SMILES string of the molecule is CC1CCC2(C)C(=CCC3C2CCC2(C)C3CC3C2[C@H](C)C2CC[C@H](C)CN32)C1.CC1CCC2(OC1)OC1CC3C4CCC5CC(C)CC[C@]5(C)C4CC(=O)[C@]3(C)C1[C@@H]2C.CCC1(C)COC2(C1)OC1CC3C4CC=C5CC(C)CCC5(C)C4CCC3(C)C1C2C. The molecule has 10 saturated carbocycles. The lowest BCUT2D eigenvalue weighted by atomic mass is 9.43. The third kappa shape index (κ3) is 9.30. The molecule has 91 heavy (non-hydrogen) atoms. The summed E-state index contributed by atoms with van der Waals surface area (Å²) in [6.07, 6.45) is 42.3. The highest BCUT2D eigenvalue weighted by Crippen LogP contribution is 2.75. The second kappa shape index (κ2) is 22.2. The summed E-state index contributed by atoms with van der Waals surface area (Å²) in [6.45, 7) is 43.1. The largest absolute Gasteiger partial charge is 0.349 e. The summed E-state index contributed by atoms with van der Waals surface area (Å²) in [5.41, 5.74) is 6.27. The minimum atomic E-state index is -0.421. The number of carbonyl (C=O) groups is 1. The molecule has 2 spiro atoms. The van der Waals surface area contributed by atoms with Crippen LogP contribution in [0.5, 0.6) is 0 Å². The highest BCUT2D eigenvalue weighted by atomic mass is 16.7. The van der Waals surface area contributed by atoms with Crippen molar-refractivity contribution in [3.8, 4) is 0 Å². The van der Waals surface area contributed by atoms with E-state index in [-0.39, 0.29) is 17.3 Å². The normalized spacial score (nSPS) is 60.2. The second-order valence-electron chi connectivity index (χ2n) is 40.5. The Hall–Kier alpha value is -1.05. The Morgan fingerprint density at radius 3 is 1.70 bits per heavy atom. The van der Waals surface area contributed by atoms with Gasteiger partial charge in [0.1, 0.15) is 5.78 Å². The Labute approximate surface area is 556 Å². The van der Waals surface area contributed by atoms with Crippen LogP contribution < -0.4 is 0 Å². The number of carbonyl (C=O) groups excluding carboxylic acids is 1. The van der Waals surface area contributed by atoms with Gasteiger partial charge in [0.2, 0.25) is 0 Å². The number of allylic oxidation sites excluding steroid dienone is 4. The smallest absolute Gasteiger partial charge is 0.172 e. The summed E-state index contributed by atoms with van der Waals surface area (Å²) in [6, 6.07) is 1.82. The Morgan fingerprint density at radius 2 is 1.07 bits per heavy atom. The van der Waals surface area contributed by atoms with Crippen LogP contribution in [0.4, 0.5) is 0 Å². The van der Waals surface area contributed by atoms with Gasteiger partial charge >= 0.3 is 0 Å². The van der Waals surface area contributed by atoms with Gasteiger partial charge in [0.05, 0.1) is 25.4 Å². The predicted molar refractivity (Wildman–Crippen MR) is 368 cm³/mol. The van der Waals surface area contributed by atoms with Gasteiger partial charge in [-0.25, -0.2) is 0 Å². The zero-order chi connectivity index (χ0) is 63.7. The molecule has 12 aliphatic carbocycles. The fraction of sp³-hybridized carbons (Fsp3) is 0.941. The monoisotopic (exact) mass is 1250 g/mol. The fourth-order valence-electron chi connectivity index (χ4n) is 30.9. The van der Waals surface area contributed by atoms with E-state index >= 15 is 0 Å². The molecule has 0 aromatic rings. The summed E-state index contributed by atoms with van der Waals surface area (Å²) in [5, 5.41) is 0. The number of Topliss-reactive ketones (excluding diaryl/α,β-unsaturated/α-hetero) is 1. The molecule has 29 unspecified atom stereocenters. The molecule has 0 N–H and O–H groups in total. The molecule has 0 radical (unpaired) electrons. The highest BCUT2D eigenvalue weighted by Gasteiger charge is 2.74. The van der Waals surface area contributed by atoms with Crippen LogP contribution >= 0.6 is 0 Å². The number of hydrogen-bond acceptors (Lipinski definition) is 6. The van der Waals surface area contributed by atoms with E-state index in [1.54, 1.807) is 0 Å². The maximum atomic E-state index is 14.0. The molecule has 6 heterocycles. The zero-order valence-corrected chi connectivity index (χ0v) is 61.3. The van der Waals surface area contributed by atoms with Gasteiger partial charge in [0.15, 0.2) is 11.6 Å². The highest BCUT2D eigenvalue weighted by molar-refractivity contribution is 5.87. The van der Waals surface area contributed by atoms with Gasteiger partial charge in [-0.05, 0) is 287 Å². The molecular formula is C85H135NO5. The van der Waals surface area contributed by atoms with Gasteiger partial charge in [0, 0.05) is 61.1 Å². The van der Waals surface area contributed by atoms with Crippen molar-refractivity contribution in [1.29, 1.82) is 0 Å². The van der Waals surface area contributed by atoms with Crippen LogP contribution in [0.15, 0.2) is 23.3 Å². The van der Waals surface area contributed by atoms with E-state index in [9.17, 15) is 4.79 Å². The molecule has 18 rings (SSSR count). The number of nitrogens with zero attached hydrogens (tertiary/aromatic N) is 1. The first kappa shape index (κ1) is 64.6. The van der Waals surface area contributed by atoms with Gasteiger partial charge < -0.3 is 18.9 Å². The van der Waals surface area contributed by atoms with Crippen LogP contribution in [-0.2, 0) is 23.7 Å². The number of hydrogen-bond donors (Lipinski definition) is 0. The van der Waals surface area contributed by atoms with Crippen LogP contribution in [-0.4, -0.2) is 66.3 Å². The van der Waals surface area contributed by atoms with E-state index in [0.29, 0.717) is 85.8 Å². The van der Waals surface area contributed by atoms with E-state index in [1.807, 2.05) is 11.1 Å². The van der Waals surface area contributed by atoms with Gasteiger partial charge in [-0.1, -0.05) is 140 Å². The molecule has 6 heteroatoms. The standard InChI is InChI=1S/C29H46O2.C28H45N.C28H44O3/c1-7-26(4)16-29(30-17-26)19(3)25-24(31-29)15-23-21-9-8-20-14-18(2)10-12-27(20,5)22(21)11-13-28(23,25)6;1-17-10-12-27(4)20(14-17)7-8-21-22(27)11-13-28(5)23(21)15-25-26(28)19(3)24-9-6-18(2)16-29(24)25;1-16-8-10-26(4)19(12-16)6-7-20-21(26)14-24(29)27(5)22(20)13-23-25(27)18(3)28(31-23)11-9-17(2)15-30-28/h8,18-19,21-25H,7,9-17H2,1-6H3;7,17-19,21-26H,6,8-16H2,1-5H3;16-23,25H,6-15H2,1-5H3/t;17?,18-,19+,21?,22?,23?,24?,25?,26?,27?,28?;16?,17?,18-,19?,20?,21?,22?,23?,25?,26-,27+,28?/m.00/s1. The maximum Gasteiger partial charge on any atom is 0.172 e. The summed E-state index contributed by atoms with van der Waals surface area (Å²) in [7, 11) is 0. The van der Waals surface area contributed by atoms with Crippen molar-refractivity contribution in [2.24, 2.45) is 162 Å². The lowest BCUT2D eigenvalue weighted by Crippen LogP contribution is -2.58. The number of rotatable bonds is 1. The molecule has 0 aromatic heterocycles. The van der Waals surface area contributed by atoms with Crippen molar-refractivity contribution in [3.05, 3.63) is 23.3 Å². The number of ether oxygens (including phenoxy) is 4. The minimum Gasteiger partial charge on any atom is -0.349 e. The summed E-state index contributed by atoms with van der Waals surface area (Å²) in [4.78, 5) is 17.1. The lowest BCUT2D eigenvalue weighted by Gasteiger charge is -2.60. The third-order valence-electron chi connectivity index (χ3n) is 36.2. The number of fused-ring (bicyclic) bond motifs is 23. The van der Waals surface area contributed by atoms with Crippen LogP contribution in [0.1, 0.15) is 284 Å². The Balaban J connectivity index is 0.000000109. The van der Waals surface area contributed by atoms with Crippen LogP contribution in [0.25, 0.3) is 0 Å². The van der Waals surface area contributed by atoms with Crippen molar-refractivity contribution < 1.29 is 23.7 Å². The topological polar surface area (TPSA) is 57.2 Å². The first-order chi connectivity index (χ1) is 43.2. The van der Waals surface area contributed by atoms with Crippen molar-refractivity contribution in [2.45, 2.75) is 320 Å². The molecule has 16 fully saturated rings. The summed E-state index contributed by atoms with van der Waals surface area (Å²) in [5.74, 6) is 16.1. The Morgan fingerprint density at radius 1 is 0.484 bits per heavy atom. The number of ketones is 1. The van der Waals surface area contributed by atoms with Crippen molar-refractivity contribution in [3.63, 3.8) is 0 Å². The fourth-order valence-corrected chi connectivity index (χ4v) is 30.9. The van der Waals surface area contributed by atoms with E-state index in [1.165, 1.54) is 154 Å². The van der Waals surface area contributed by atoms with Gasteiger partial charge in [0.25, 0.3) is 0 Å². The zero-order valence-electron chi connectivity index (χ0n) is 61.3. The van der Waals surface area contributed by atoms with Crippen molar-refractivity contribution >= 4 is 5.78 Å². The van der Waals surface area contributed by atoms with E-state index < -0.39 is 5.79 Å². The minimum absolute atomic E-state index is 0.202. The lowest BCUT2D eigenvalue weighted by molar-refractivity contribution is -0.272. The van der Waals surface area contributed by atoms with Gasteiger partial charge in [-0.15, -0.1) is 0 Å². The maximum absolute atomic E-state index is 14.0. The number of piperidine rings is 1. The van der Waals surface area contributed by atoms with E-state index in [0.717, 1.165) is 134 Å². The molecule has 6 aliphatic heterocycles. The molecule has 6 saturated heterocycles. The average molecular weight is 1250 g/mol. The Kier molecular flexibility index (Phi) is 15.8. The van der Waals surface area contributed by atoms with E-state index in [2.05, 4.69) is 128 Å². The van der Waals surface area contributed by atoms with E-state index in [4.69, 9.17) is 18.9 Å².